The van der Waals surface area contributed by atoms with Gasteiger partial charge >= 0.3 is 0 Å². The molecular formula is C17H18ClN3S. The van der Waals surface area contributed by atoms with Gasteiger partial charge in [-0.3, -0.25) is 5.43 Å². The van der Waals surface area contributed by atoms with Crippen molar-refractivity contribution in [3.05, 3.63) is 64.2 Å². The van der Waals surface area contributed by atoms with Crippen LogP contribution < -0.4 is 10.7 Å². The van der Waals surface area contributed by atoms with E-state index in [-0.39, 0.29) is 0 Å². The molecule has 0 amide bonds. The van der Waals surface area contributed by atoms with Crippen molar-refractivity contribution in [2.45, 2.75) is 20.8 Å². The van der Waals surface area contributed by atoms with Gasteiger partial charge in [0.15, 0.2) is 5.11 Å². The largest absolute Gasteiger partial charge is 0.331 e. The van der Waals surface area contributed by atoms with Gasteiger partial charge in [0.05, 0.1) is 5.71 Å². The molecule has 5 heteroatoms. The summed E-state index contributed by atoms with van der Waals surface area (Å²) in [7, 11) is 0. The van der Waals surface area contributed by atoms with E-state index in [4.69, 9.17) is 23.8 Å². The van der Waals surface area contributed by atoms with Gasteiger partial charge < -0.3 is 5.32 Å². The van der Waals surface area contributed by atoms with Gasteiger partial charge in [-0.15, -0.1) is 0 Å². The van der Waals surface area contributed by atoms with E-state index in [2.05, 4.69) is 28.8 Å². The molecule has 0 radical (unpaired) electrons. The maximum atomic E-state index is 5.98. The zero-order valence-corrected chi connectivity index (χ0v) is 14.3. The lowest BCUT2D eigenvalue weighted by molar-refractivity contribution is 1.04. The molecule has 2 aromatic carbocycles. The Hall–Kier alpha value is -1.91. The quantitative estimate of drug-likeness (QED) is 0.487. The molecule has 114 valence electrons. The number of hydrazone groups is 1. The molecule has 2 rings (SSSR count). The van der Waals surface area contributed by atoms with Crippen molar-refractivity contribution in [1.82, 2.24) is 5.43 Å². The summed E-state index contributed by atoms with van der Waals surface area (Å²) in [5.41, 5.74) is 7.95. The zero-order chi connectivity index (χ0) is 16.1. The van der Waals surface area contributed by atoms with Crippen LogP contribution in [0, 0.1) is 13.8 Å². The molecule has 2 N–H and O–H groups in total. The smallest absolute Gasteiger partial charge is 0.191 e. The minimum absolute atomic E-state index is 0.452. The van der Waals surface area contributed by atoms with Crippen LogP contribution in [0.2, 0.25) is 5.02 Å². The monoisotopic (exact) mass is 331 g/mol. The van der Waals surface area contributed by atoms with Crippen LogP contribution in [0.15, 0.2) is 47.6 Å². The van der Waals surface area contributed by atoms with Gasteiger partial charge in [0.2, 0.25) is 0 Å². The second-order valence-corrected chi connectivity index (χ2v) is 5.94. The number of halogens is 1. The van der Waals surface area contributed by atoms with E-state index >= 15 is 0 Å². The molecular weight excluding hydrogens is 314 g/mol. The topological polar surface area (TPSA) is 36.4 Å². The molecule has 0 spiro atoms. The highest BCUT2D eigenvalue weighted by Crippen LogP contribution is 2.16. The van der Waals surface area contributed by atoms with Gasteiger partial charge in [0.25, 0.3) is 0 Å². The van der Waals surface area contributed by atoms with Crippen molar-refractivity contribution < 1.29 is 0 Å². The molecule has 0 aliphatic heterocycles. The van der Waals surface area contributed by atoms with E-state index in [1.165, 1.54) is 5.56 Å². The molecule has 0 saturated carbocycles. The molecule has 2 aromatic rings. The first-order chi connectivity index (χ1) is 10.5. The Morgan fingerprint density at radius 3 is 2.59 bits per heavy atom. The average Bonchev–Trinajstić information content (AvgIpc) is 2.47. The Balaban J connectivity index is 2.01. The Morgan fingerprint density at radius 2 is 1.91 bits per heavy atom. The number of hydrogen-bond acceptors (Lipinski definition) is 2. The van der Waals surface area contributed by atoms with Crippen LogP contribution in [0.25, 0.3) is 0 Å². The fraction of sp³-hybridized carbons (Fsp3) is 0.176. The summed E-state index contributed by atoms with van der Waals surface area (Å²) >= 11 is 11.2. The van der Waals surface area contributed by atoms with Crippen molar-refractivity contribution in [1.29, 1.82) is 0 Å². The van der Waals surface area contributed by atoms with E-state index in [0.717, 1.165) is 22.5 Å². The summed E-state index contributed by atoms with van der Waals surface area (Å²) < 4.78 is 0. The molecule has 0 saturated heterocycles. The average molecular weight is 332 g/mol. The van der Waals surface area contributed by atoms with Crippen molar-refractivity contribution >= 4 is 40.3 Å². The number of nitrogens with zero attached hydrogens (tertiary/aromatic N) is 1. The molecule has 0 aromatic heterocycles. The highest BCUT2D eigenvalue weighted by atomic mass is 35.5. The standard InChI is InChI=1S/C17H18ClN3S/c1-11-7-8-16(12(2)9-11)19-17(22)21-20-13(3)14-5-4-6-15(18)10-14/h4-10H,1-3H3,(H2,19,21,22)/b20-13+. The third kappa shape index (κ3) is 4.55. The summed E-state index contributed by atoms with van der Waals surface area (Å²) in [6, 6.07) is 13.7. The second kappa shape index (κ2) is 7.38. The third-order valence-electron chi connectivity index (χ3n) is 3.20. The molecule has 0 aliphatic carbocycles. The van der Waals surface area contributed by atoms with Gasteiger partial charge in [-0.2, -0.15) is 5.10 Å². The van der Waals surface area contributed by atoms with Crippen LogP contribution in [0.3, 0.4) is 0 Å². The van der Waals surface area contributed by atoms with Crippen LogP contribution in [0.4, 0.5) is 5.69 Å². The summed E-state index contributed by atoms with van der Waals surface area (Å²) in [6.07, 6.45) is 0. The summed E-state index contributed by atoms with van der Waals surface area (Å²) in [5, 5.41) is 8.56. The minimum Gasteiger partial charge on any atom is -0.331 e. The van der Waals surface area contributed by atoms with Crippen LogP contribution in [-0.2, 0) is 0 Å². The van der Waals surface area contributed by atoms with E-state index in [1.54, 1.807) is 0 Å². The van der Waals surface area contributed by atoms with Crippen LogP contribution >= 0.6 is 23.8 Å². The SMILES string of the molecule is C/C(=N\NC(=S)Nc1ccc(C)cc1C)c1cccc(Cl)c1. The fourth-order valence-electron chi connectivity index (χ4n) is 2.02. The van der Waals surface area contributed by atoms with E-state index in [0.29, 0.717) is 10.1 Å². The number of nitrogens with one attached hydrogen (secondary N) is 2. The Kier molecular flexibility index (Phi) is 5.52. The van der Waals surface area contributed by atoms with Crippen molar-refractivity contribution in [3.63, 3.8) is 0 Å². The molecule has 0 aliphatic rings. The lowest BCUT2D eigenvalue weighted by Gasteiger charge is -2.11. The molecule has 0 atom stereocenters. The Labute approximate surface area is 141 Å². The first kappa shape index (κ1) is 16.5. The number of thiocarbonyl (C=S) groups is 1. The highest BCUT2D eigenvalue weighted by Gasteiger charge is 2.02. The number of rotatable bonds is 3. The summed E-state index contributed by atoms with van der Waals surface area (Å²) in [4.78, 5) is 0. The molecule has 0 heterocycles. The van der Waals surface area contributed by atoms with Crippen LogP contribution in [-0.4, -0.2) is 10.8 Å². The van der Waals surface area contributed by atoms with Crippen LogP contribution in [0.5, 0.6) is 0 Å². The predicted molar refractivity (Wildman–Crippen MR) is 98.9 cm³/mol. The molecule has 0 bridgehead atoms. The minimum atomic E-state index is 0.452. The van der Waals surface area contributed by atoms with E-state index in [9.17, 15) is 0 Å². The highest BCUT2D eigenvalue weighted by molar-refractivity contribution is 7.80. The molecule has 22 heavy (non-hydrogen) atoms. The maximum absolute atomic E-state index is 5.98. The van der Waals surface area contributed by atoms with Gasteiger partial charge in [-0.1, -0.05) is 41.4 Å². The van der Waals surface area contributed by atoms with Gasteiger partial charge in [0.1, 0.15) is 0 Å². The first-order valence-electron chi connectivity index (χ1n) is 6.90. The lowest BCUT2D eigenvalue weighted by atomic mass is 10.1. The van der Waals surface area contributed by atoms with Gasteiger partial charge in [-0.25, -0.2) is 0 Å². The van der Waals surface area contributed by atoms with E-state index < -0.39 is 0 Å². The molecule has 3 nitrogen and oxygen atoms in total. The zero-order valence-electron chi connectivity index (χ0n) is 12.8. The maximum Gasteiger partial charge on any atom is 0.191 e. The number of aryl methyl sites for hydroxylation is 2. The number of hydrogen-bond donors (Lipinski definition) is 2. The lowest BCUT2D eigenvalue weighted by Crippen LogP contribution is -2.25. The third-order valence-corrected chi connectivity index (χ3v) is 3.63. The van der Waals surface area contributed by atoms with Crippen molar-refractivity contribution in [2.24, 2.45) is 5.10 Å². The Morgan fingerprint density at radius 1 is 1.14 bits per heavy atom. The second-order valence-electron chi connectivity index (χ2n) is 5.09. The van der Waals surface area contributed by atoms with Crippen molar-refractivity contribution in [3.8, 4) is 0 Å². The van der Waals surface area contributed by atoms with Crippen molar-refractivity contribution in [2.75, 3.05) is 5.32 Å². The fourth-order valence-corrected chi connectivity index (χ4v) is 2.36. The molecule has 0 fully saturated rings. The Bertz CT molecular complexity index is 726. The first-order valence-corrected chi connectivity index (χ1v) is 7.69. The molecule has 0 unspecified atom stereocenters. The summed E-state index contributed by atoms with van der Waals surface area (Å²) in [6.45, 7) is 6.00. The number of anilines is 1. The normalized spacial score (nSPS) is 11.2. The van der Waals surface area contributed by atoms with Gasteiger partial charge in [0, 0.05) is 10.7 Å². The van der Waals surface area contributed by atoms with Crippen LogP contribution in [0.1, 0.15) is 23.6 Å². The van der Waals surface area contributed by atoms with Gasteiger partial charge in [-0.05, 0) is 62.3 Å². The summed E-state index contributed by atoms with van der Waals surface area (Å²) in [5.74, 6) is 0. The number of benzene rings is 2. The predicted octanol–water partition coefficient (Wildman–Crippen LogP) is 4.67. The van der Waals surface area contributed by atoms with E-state index in [1.807, 2.05) is 50.2 Å².